The van der Waals surface area contributed by atoms with Gasteiger partial charge in [-0.2, -0.15) is 0 Å². The van der Waals surface area contributed by atoms with Crippen LogP contribution in [0.5, 0.6) is 11.5 Å². The minimum Gasteiger partial charge on any atom is -0.455 e. The SMILES string of the molecule is COCCCNC(=O)c1cc(Nc2ccccc2Oc2ccccc2)ncn1. The van der Waals surface area contributed by atoms with Crippen molar-refractivity contribution >= 4 is 17.4 Å². The number of amides is 1. The van der Waals surface area contributed by atoms with E-state index < -0.39 is 0 Å². The van der Waals surface area contributed by atoms with Gasteiger partial charge in [0.2, 0.25) is 0 Å². The molecule has 7 nitrogen and oxygen atoms in total. The lowest BCUT2D eigenvalue weighted by Crippen LogP contribution is -2.26. The third-order valence-corrected chi connectivity index (χ3v) is 3.83. The number of carbonyl (C=O) groups is 1. The number of para-hydroxylation sites is 3. The number of methoxy groups -OCH3 is 1. The molecule has 2 N–H and O–H groups in total. The molecule has 0 saturated heterocycles. The van der Waals surface area contributed by atoms with E-state index in [9.17, 15) is 4.79 Å². The van der Waals surface area contributed by atoms with Crippen molar-refractivity contribution in [3.8, 4) is 11.5 Å². The van der Waals surface area contributed by atoms with Crippen LogP contribution in [0.4, 0.5) is 11.5 Å². The molecule has 1 aromatic heterocycles. The molecule has 1 amide bonds. The predicted octanol–water partition coefficient (Wildman–Crippen LogP) is 3.78. The van der Waals surface area contributed by atoms with Gasteiger partial charge < -0.3 is 20.1 Å². The molecule has 3 rings (SSSR count). The first kappa shape index (κ1) is 19.3. The van der Waals surface area contributed by atoms with Crippen LogP contribution >= 0.6 is 0 Å². The zero-order valence-corrected chi connectivity index (χ0v) is 15.6. The smallest absolute Gasteiger partial charge is 0.270 e. The first-order valence-corrected chi connectivity index (χ1v) is 8.94. The third kappa shape index (κ3) is 5.52. The van der Waals surface area contributed by atoms with E-state index >= 15 is 0 Å². The van der Waals surface area contributed by atoms with E-state index in [0.29, 0.717) is 24.7 Å². The van der Waals surface area contributed by atoms with E-state index in [0.717, 1.165) is 17.9 Å². The average Bonchev–Trinajstić information content (AvgIpc) is 2.73. The van der Waals surface area contributed by atoms with Crippen molar-refractivity contribution < 1.29 is 14.3 Å². The van der Waals surface area contributed by atoms with Gasteiger partial charge in [0.05, 0.1) is 5.69 Å². The predicted molar refractivity (Wildman–Crippen MR) is 107 cm³/mol. The summed E-state index contributed by atoms with van der Waals surface area (Å²) in [6.07, 6.45) is 2.09. The first-order chi connectivity index (χ1) is 13.8. The Balaban J connectivity index is 1.70. The largest absolute Gasteiger partial charge is 0.455 e. The van der Waals surface area contributed by atoms with E-state index in [1.54, 1.807) is 13.2 Å². The van der Waals surface area contributed by atoms with Gasteiger partial charge >= 0.3 is 0 Å². The fraction of sp³-hybridized carbons (Fsp3) is 0.190. The minimum absolute atomic E-state index is 0.254. The van der Waals surface area contributed by atoms with Crippen LogP contribution in [-0.2, 0) is 4.74 Å². The standard InChI is InChI=1S/C21H22N4O3/c1-27-13-7-12-22-21(26)18-14-20(24-15-23-18)25-17-10-5-6-11-19(17)28-16-8-3-2-4-9-16/h2-6,8-11,14-15H,7,12-13H2,1H3,(H,22,26)(H,23,24,25). The fourth-order valence-electron chi connectivity index (χ4n) is 2.47. The highest BCUT2D eigenvalue weighted by molar-refractivity contribution is 5.93. The van der Waals surface area contributed by atoms with Crippen molar-refractivity contribution in [2.75, 3.05) is 25.6 Å². The zero-order chi connectivity index (χ0) is 19.6. The molecule has 0 unspecified atom stereocenters. The second kappa shape index (κ2) is 10.0. The van der Waals surface area contributed by atoms with E-state index in [1.807, 2.05) is 54.6 Å². The number of ether oxygens (including phenoxy) is 2. The molecular formula is C21H22N4O3. The summed E-state index contributed by atoms with van der Waals surface area (Å²) in [7, 11) is 1.63. The van der Waals surface area contributed by atoms with E-state index in [-0.39, 0.29) is 11.6 Å². The molecule has 2 aromatic carbocycles. The van der Waals surface area contributed by atoms with Crippen molar-refractivity contribution in [3.63, 3.8) is 0 Å². The summed E-state index contributed by atoms with van der Waals surface area (Å²) < 4.78 is 10.9. The maximum Gasteiger partial charge on any atom is 0.270 e. The van der Waals surface area contributed by atoms with Crippen molar-refractivity contribution in [2.45, 2.75) is 6.42 Å². The molecule has 28 heavy (non-hydrogen) atoms. The van der Waals surface area contributed by atoms with Crippen molar-refractivity contribution in [3.05, 3.63) is 72.7 Å². The highest BCUT2D eigenvalue weighted by Crippen LogP contribution is 2.30. The molecule has 0 aliphatic carbocycles. The lowest BCUT2D eigenvalue weighted by Gasteiger charge is -2.13. The van der Waals surface area contributed by atoms with Crippen LogP contribution in [0.1, 0.15) is 16.9 Å². The zero-order valence-electron chi connectivity index (χ0n) is 15.6. The number of hydrogen-bond donors (Lipinski definition) is 2. The number of benzene rings is 2. The summed E-state index contributed by atoms with van der Waals surface area (Å²) in [5.41, 5.74) is 1.02. The van der Waals surface area contributed by atoms with Crippen molar-refractivity contribution in [1.29, 1.82) is 0 Å². The monoisotopic (exact) mass is 378 g/mol. The summed E-state index contributed by atoms with van der Waals surface area (Å²) in [5, 5.41) is 6.00. The van der Waals surface area contributed by atoms with E-state index in [4.69, 9.17) is 9.47 Å². The Morgan fingerprint density at radius 1 is 1.04 bits per heavy atom. The number of nitrogens with zero attached hydrogens (tertiary/aromatic N) is 2. The van der Waals surface area contributed by atoms with Crippen LogP contribution in [0, 0.1) is 0 Å². The molecular weight excluding hydrogens is 356 g/mol. The Kier molecular flexibility index (Phi) is 6.92. The number of aromatic nitrogens is 2. The molecule has 0 radical (unpaired) electrons. The molecule has 0 aliphatic heterocycles. The molecule has 0 bridgehead atoms. The second-order valence-corrected chi connectivity index (χ2v) is 5.93. The molecule has 7 heteroatoms. The minimum atomic E-state index is -0.254. The molecule has 0 fully saturated rings. The van der Waals surface area contributed by atoms with Crippen LogP contribution < -0.4 is 15.4 Å². The van der Waals surface area contributed by atoms with Gasteiger partial charge in [0, 0.05) is 26.3 Å². The lowest BCUT2D eigenvalue weighted by molar-refractivity contribution is 0.0943. The van der Waals surface area contributed by atoms with Crippen molar-refractivity contribution in [2.24, 2.45) is 0 Å². The van der Waals surface area contributed by atoms with Crippen LogP contribution in [0.3, 0.4) is 0 Å². The highest BCUT2D eigenvalue weighted by atomic mass is 16.5. The molecule has 144 valence electrons. The Bertz CT molecular complexity index is 903. The van der Waals surface area contributed by atoms with Gasteiger partial charge in [-0.05, 0) is 30.7 Å². The van der Waals surface area contributed by atoms with Gasteiger partial charge in [0.1, 0.15) is 23.6 Å². The molecule has 0 atom stereocenters. The Hall–Kier alpha value is -3.45. The van der Waals surface area contributed by atoms with Crippen LogP contribution in [0.2, 0.25) is 0 Å². The highest BCUT2D eigenvalue weighted by Gasteiger charge is 2.10. The quantitative estimate of drug-likeness (QED) is 0.551. The normalized spacial score (nSPS) is 10.3. The van der Waals surface area contributed by atoms with Crippen LogP contribution in [0.15, 0.2) is 67.0 Å². The van der Waals surface area contributed by atoms with E-state index in [2.05, 4.69) is 20.6 Å². The lowest BCUT2D eigenvalue weighted by atomic mass is 10.2. The number of hydrogen-bond acceptors (Lipinski definition) is 6. The number of carbonyl (C=O) groups excluding carboxylic acids is 1. The summed E-state index contributed by atoms with van der Waals surface area (Å²) in [6.45, 7) is 1.11. The van der Waals surface area contributed by atoms with Gasteiger partial charge in [-0.1, -0.05) is 30.3 Å². The maximum atomic E-state index is 12.2. The summed E-state index contributed by atoms with van der Waals surface area (Å²) in [4.78, 5) is 20.5. The molecule has 0 saturated carbocycles. The summed E-state index contributed by atoms with van der Waals surface area (Å²) in [5.74, 6) is 1.63. The molecule has 3 aromatic rings. The van der Waals surface area contributed by atoms with Gasteiger partial charge in [-0.25, -0.2) is 9.97 Å². The number of anilines is 2. The number of rotatable bonds is 9. The summed E-state index contributed by atoms with van der Waals surface area (Å²) >= 11 is 0. The van der Waals surface area contributed by atoms with Gasteiger partial charge in [0.15, 0.2) is 5.75 Å². The van der Waals surface area contributed by atoms with Crippen LogP contribution in [-0.4, -0.2) is 36.1 Å². The van der Waals surface area contributed by atoms with Gasteiger partial charge in [0.25, 0.3) is 5.91 Å². The van der Waals surface area contributed by atoms with Gasteiger partial charge in [-0.3, -0.25) is 4.79 Å². The topological polar surface area (TPSA) is 85.4 Å². The third-order valence-electron chi connectivity index (χ3n) is 3.83. The van der Waals surface area contributed by atoms with Crippen LogP contribution in [0.25, 0.3) is 0 Å². The number of nitrogens with one attached hydrogen (secondary N) is 2. The average molecular weight is 378 g/mol. The molecule has 1 heterocycles. The fourth-order valence-corrected chi connectivity index (χ4v) is 2.47. The van der Waals surface area contributed by atoms with E-state index in [1.165, 1.54) is 6.33 Å². The first-order valence-electron chi connectivity index (χ1n) is 8.94. The van der Waals surface area contributed by atoms with Crippen molar-refractivity contribution in [1.82, 2.24) is 15.3 Å². The Labute approximate surface area is 163 Å². The summed E-state index contributed by atoms with van der Waals surface area (Å²) in [6, 6.07) is 18.6. The Morgan fingerprint density at radius 3 is 2.64 bits per heavy atom. The molecule has 0 aliphatic rings. The molecule has 0 spiro atoms. The Morgan fingerprint density at radius 2 is 1.82 bits per heavy atom. The van der Waals surface area contributed by atoms with Gasteiger partial charge in [-0.15, -0.1) is 0 Å². The maximum absolute atomic E-state index is 12.2. The second-order valence-electron chi connectivity index (χ2n) is 5.93.